The first kappa shape index (κ1) is 18.5. The van der Waals surface area contributed by atoms with Gasteiger partial charge in [-0.25, -0.2) is 0 Å². The molecule has 27 heavy (non-hydrogen) atoms. The smallest absolute Gasteiger partial charge is 0.258 e. The zero-order valence-electron chi connectivity index (χ0n) is 15.4. The van der Waals surface area contributed by atoms with E-state index in [-0.39, 0.29) is 18.6 Å². The minimum atomic E-state index is -0.201. The van der Waals surface area contributed by atoms with Crippen molar-refractivity contribution in [2.75, 3.05) is 6.61 Å². The van der Waals surface area contributed by atoms with Crippen LogP contribution in [-0.2, 0) is 4.79 Å². The van der Waals surface area contributed by atoms with E-state index in [0.717, 1.165) is 11.4 Å². The molecule has 0 spiro atoms. The van der Waals surface area contributed by atoms with Gasteiger partial charge >= 0.3 is 0 Å². The van der Waals surface area contributed by atoms with Crippen LogP contribution in [0.2, 0.25) is 0 Å². The Hall–Kier alpha value is -3.34. The maximum absolute atomic E-state index is 12.0. The van der Waals surface area contributed by atoms with Crippen molar-refractivity contribution in [2.24, 2.45) is 0 Å². The number of hydrogen-bond acceptors (Lipinski definition) is 4. The number of carbonyl (C=O) groups excluding carboxylic acids is 1. The largest absolute Gasteiger partial charge is 0.484 e. The van der Waals surface area contributed by atoms with E-state index in [1.54, 1.807) is 18.3 Å². The first-order valence-corrected chi connectivity index (χ1v) is 8.78. The SMILES string of the molecule is Cc1ccc(Oc2ccc(OCC(=O)NC(C)c3ccccn3)cc2)cc1. The Bertz CT molecular complexity index is 862. The zero-order valence-corrected chi connectivity index (χ0v) is 15.4. The molecule has 0 fully saturated rings. The number of amides is 1. The van der Waals surface area contributed by atoms with Crippen LogP contribution >= 0.6 is 0 Å². The number of hydrogen-bond donors (Lipinski definition) is 1. The molecule has 5 heteroatoms. The lowest BCUT2D eigenvalue weighted by atomic mass is 10.2. The lowest BCUT2D eigenvalue weighted by Crippen LogP contribution is -2.31. The molecular formula is C22H22N2O3. The van der Waals surface area contributed by atoms with Crippen LogP contribution in [0.1, 0.15) is 24.2 Å². The van der Waals surface area contributed by atoms with Gasteiger partial charge in [-0.05, 0) is 62.4 Å². The average Bonchev–Trinajstić information content (AvgIpc) is 2.70. The molecule has 0 aliphatic carbocycles. The van der Waals surface area contributed by atoms with Crippen molar-refractivity contribution in [1.29, 1.82) is 0 Å². The highest BCUT2D eigenvalue weighted by atomic mass is 16.5. The molecule has 3 rings (SSSR count). The molecule has 1 atom stereocenters. The molecule has 1 N–H and O–H groups in total. The number of pyridine rings is 1. The molecule has 1 amide bonds. The molecule has 0 aliphatic heterocycles. The molecule has 0 bridgehead atoms. The van der Waals surface area contributed by atoms with E-state index < -0.39 is 0 Å². The van der Waals surface area contributed by atoms with Gasteiger partial charge in [-0.2, -0.15) is 0 Å². The Morgan fingerprint density at radius 3 is 2.22 bits per heavy atom. The van der Waals surface area contributed by atoms with Crippen molar-refractivity contribution in [3.63, 3.8) is 0 Å². The van der Waals surface area contributed by atoms with Gasteiger partial charge in [0.2, 0.25) is 0 Å². The number of carbonyl (C=O) groups is 1. The summed E-state index contributed by atoms with van der Waals surface area (Å²) in [7, 11) is 0. The van der Waals surface area contributed by atoms with Crippen LogP contribution in [-0.4, -0.2) is 17.5 Å². The Kier molecular flexibility index (Phi) is 6.05. The first-order chi connectivity index (χ1) is 13.1. The molecule has 0 saturated carbocycles. The summed E-state index contributed by atoms with van der Waals surface area (Å²) in [5.41, 5.74) is 1.99. The Morgan fingerprint density at radius 1 is 0.963 bits per heavy atom. The third-order valence-corrected chi connectivity index (χ3v) is 3.96. The molecule has 1 aromatic heterocycles. The summed E-state index contributed by atoms with van der Waals surface area (Å²) in [5, 5.41) is 2.86. The predicted molar refractivity (Wildman–Crippen MR) is 104 cm³/mol. The monoisotopic (exact) mass is 362 g/mol. The Balaban J connectivity index is 1.48. The quantitative estimate of drug-likeness (QED) is 0.675. The van der Waals surface area contributed by atoms with Crippen molar-refractivity contribution in [1.82, 2.24) is 10.3 Å². The molecule has 3 aromatic rings. The van der Waals surface area contributed by atoms with Crippen molar-refractivity contribution >= 4 is 5.91 Å². The molecule has 0 saturated heterocycles. The maximum Gasteiger partial charge on any atom is 0.258 e. The summed E-state index contributed by atoms with van der Waals surface area (Å²) in [4.78, 5) is 16.3. The van der Waals surface area contributed by atoms with Crippen LogP contribution in [0.4, 0.5) is 0 Å². The topological polar surface area (TPSA) is 60.5 Å². The minimum Gasteiger partial charge on any atom is -0.484 e. The van der Waals surface area contributed by atoms with Crippen molar-refractivity contribution in [3.8, 4) is 17.2 Å². The van der Waals surface area contributed by atoms with Crippen molar-refractivity contribution in [3.05, 3.63) is 84.2 Å². The molecule has 1 heterocycles. The highest BCUT2D eigenvalue weighted by molar-refractivity contribution is 5.77. The normalized spacial score (nSPS) is 11.5. The highest BCUT2D eigenvalue weighted by Crippen LogP contribution is 2.24. The number of benzene rings is 2. The second-order valence-electron chi connectivity index (χ2n) is 6.22. The third kappa shape index (κ3) is 5.57. The molecule has 0 radical (unpaired) electrons. The summed E-state index contributed by atoms with van der Waals surface area (Å²) in [6.07, 6.45) is 1.70. The van der Waals surface area contributed by atoms with Gasteiger partial charge in [0.05, 0.1) is 11.7 Å². The van der Waals surface area contributed by atoms with Gasteiger partial charge in [0, 0.05) is 6.20 Å². The van der Waals surface area contributed by atoms with E-state index in [1.807, 2.05) is 68.4 Å². The van der Waals surface area contributed by atoms with E-state index in [9.17, 15) is 4.79 Å². The number of aryl methyl sites for hydroxylation is 1. The number of nitrogens with zero attached hydrogens (tertiary/aromatic N) is 1. The fourth-order valence-corrected chi connectivity index (χ4v) is 2.48. The third-order valence-electron chi connectivity index (χ3n) is 3.96. The highest BCUT2D eigenvalue weighted by Gasteiger charge is 2.10. The molecule has 2 aromatic carbocycles. The average molecular weight is 362 g/mol. The predicted octanol–water partition coefficient (Wildman–Crippen LogP) is 4.44. The summed E-state index contributed by atoms with van der Waals surface area (Å²) in [6, 6.07) is 20.4. The zero-order chi connectivity index (χ0) is 19.1. The van der Waals surface area contributed by atoms with Crippen LogP contribution in [0, 0.1) is 6.92 Å². The second kappa shape index (κ2) is 8.85. The van der Waals surface area contributed by atoms with Crippen LogP contribution in [0.25, 0.3) is 0 Å². The lowest BCUT2D eigenvalue weighted by Gasteiger charge is -2.14. The van der Waals surface area contributed by atoms with Gasteiger partial charge in [0.1, 0.15) is 17.2 Å². The van der Waals surface area contributed by atoms with E-state index in [2.05, 4.69) is 10.3 Å². The van der Waals surface area contributed by atoms with E-state index in [4.69, 9.17) is 9.47 Å². The van der Waals surface area contributed by atoms with Crippen LogP contribution in [0.15, 0.2) is 72.9 Å². The van der Waals surface area contributed by atoms with Gasteiger partial charge in [0.25, 0.3) is 5.91 Å². The minimum absolute atomic E-state index is 0.0602. The summed E-state index contributed by atoms with van der Waals surface area (Å²) < 4.78 is 11.3. The first-order valence-electron chi connectivity index (χ1n) is 8.78. The van der Waals surface area contributed by atoms with E-state index in [0.29, 0.717) is 11.5 Å². The number of nitrogens with one attached hydrogen (secondary N) is 1. The Labute approximate surface area is 159 Å². The standard InChI is InChI=1S/C22H22N2O3/c1-16-6-8-19(9-7-16)27-20-12-10-18(11-13-20)26-15-22(25)24-17(2)21-5-3-4-14-23-21/h3-14,17H,15H2,1-2H3,(H,24,25). The van der Waals surface area contributed by atoms with E-state index >= 15 is 0 Å². The van der Waals surface area contributed by atoms with Crippen LogP contribution in [0.3, 0.4) is 0 Å². The van der Waals surface area contributed by atoms with Gasteiger partial charge in [-0.1, -0.05) is 23.8 Å². The number of aromatic nitrogens is 1. The molecule has 1 unspecified atom stereocenters. The van der Waals surface area contributed by atoms with Gasteiger partial charge in [-0.3, -0.25) is 9.78 Å². The van der Waals surface area contributed by atoms with Crippen molar-refractivity contribution in [2.45, 2.75) is 19.9 Å². The fourth-order valence-electron chi connectivity index (χ4n) is 2.48. The number of rotatable bonds is 7. The molecule has 138 valence electrons. The van der Waals surface area contributed by atoms with Crippen molar-refractivity contribution < 1.29 is 14.3 Å². The summed E-state index contributed by atoms with van der Waals surface area (Å²) >= 11 is 0. The Morgan fingerprint density at radius 2 is 1.59 bits per heavy atom. The number of ether oxygens (including phenoxy) is 2. The molecule has 5 nitrogen and oxygen atoms in total. The fraction of sp³-hybridized carbons (Fsp3) is 0.182. The maximum atomic E-state index is 12.0. The molecular weight excluding hydrogens is 340 g/mol. The summed E-state index contributed by atoms with van der Waals surface area (Å²) in [5.74, 6) is 1.89. The second-order valence-corrected chi connectivity index (χ2v) is 6.22. The van der Waals surface area contributed by atoms with Gasteiger partial charge in [0.15, 0.2) is 6.61 Å². The molecule has 0 aliphatic rings. The summed E-state index contributed by atoms with van der Waals surface area (Å²) in [6.45, 7) is 3.86. The van der Waals surface area contributed by atoms with Crippen LogP contribution in [0.5, 0.6) is 17.2 Å². The van der Waals surface area contributed by atoms with Gasteiger partial charge in [-0.15, -0.1) is 0 Å². The van der Waals surface area contributed by atoms with E-state index in [1.165, 1.54) is 5.56 Å². The van der Waals surface area contributed by atoms with Crippen LogP contribution < -0.4 is 14.8 Å². The lowest BCUT2D eigenvalue weighted by molar-refractivity contribution is -0.123. The van der Waals surface area contributed by atoms with Gasteiger partial charge < -0.3 is 14.8 Å².